The highest BCUT2D eigenvalue weighted by Gasteiger charge is 2.55. The molecular weight excluding hydrogens is 328 g/mol. The molecule has 140 valence electrons. The van der Waals surface area contributed by atoms with Crippen LogP contribution in [0.1, 0.15) is 66.9 Å². The van der Waals surface area contributed by atoms with E-state index in [4.69, 9.17) is 0 Å². The third kappa shape index (κ3) is 2.70. The van der Waals surface area contributed by atoms with Crippen molar-refractivity contribution >= 4 is 11.9 Å². The molecule has 5 fully saturated rings. The van der Waals surface area contributed by atoms with E-state index < -0.39 is 5.60 Å². The van der Waals surface area contributed by atoms with Crippen molar-refractivity contribution in [2.45, 2.75) is 62.5 Å². The maximum absolute atomic E-state index is 13.1. The van der Waals surface area contributed by atoms with Gasteiger partial charge in [0.05, 0.1) is 16.9 Å². The van der Waals surface area contributed by atoms with E-state index in [1.807, 2.05) is 19.0 Å². The molecule has 0 saturated heterocycles. The SMILES string of the molecule is CN(C)c1ncc(C(=O)NC2C3CC4CC2CC(O)(C4)C3)c(C2CC2)n1. The highest BCUT2D eigenvalue weighted by molar-refractivity contribution is 5.95. The van der Waals surface area contributed by atoms with Gasteiger partial charge in [0.2, 0.25) is 5.95 Å². The lowest BCUT2D eigenvalue weighted by Gasteiger charge is -2.58. The van der Waals surface area contributed by atoms with Crippen LogP contribution in [-0.4, -0.2) is 46.7 Å². The van der Waals surface area contributed by atoms with E-state index in [2.05, 4.69) is 15.3 Å². The molecule has 1 heterocycles. The van der Waals surface area contributed by atoms with Gasteiger partial charge in [0, 0.05) is 32.3 Å². The van der Waals surface area contributed by atoms with E-state index >= 15 is 0 Å². The summed E-state index contributed by atoms with van der Waals surface area (Å²) < 4.78 is 0. The molecule has 6 nitrogen and oxygen atoms in total. The second-order valence-corrected chi connectivity index (χ2v) is 9.33. The van der Waals surface area contributed by atoms with Crippen LogP contribution in [0.4, 0.5) is 5.95 Å². The van der Waals surface area contributed by atoms with Gasteiger partial charge in [0.1, 0.15) is 0 Å². The lowest BCUT2D eigenvalue weighted by molar-refractivity contribution is -0.136. The second kappa shape index (κ2) is 5.65. The fourth-order valence-electron chi connectivity index (χ4n) is 5.89. The molecule has 2 atom stereocenters. The monoisotopic (exact) mass is 356 g/mol. The lowest BCUT2D eigenvalue weighted by atomic mass is 9.52. The lowest BCUT2D eigenvalue weighted by Crippen LogP contribution is -2.61. The van der Waals surface area contributed by atoms with Crippen LogP contribution in [0.25, 0.3) is 0 Å². The maximum Gasteiger partial charge on any atom is 0.254 e. The van der Waals surface area contributed by atoms with Gasteiger partial charge in [-0.2, -0.15) is 0 Å². The number of carbonyl (C=O) groups is 1. The van der Waals surface area contributed by atoms with Gasteiger partial charge in [-0.3, -0.25) is 4.79 Å². The van der Waals surface area contributed by atoms with Crippen LogP contribution in [0.5, 0.6) is 0 Å². The Labute approximate surface area is 154 Å². The molecule has 1 aromatic rings. The zero-order valence-corrected chi connectivity index (χ0v) is 15.6. The van der Waals surface area contributed by atoms with Crippen LogP contribution in [0, 0.1) is 17.8 Å². The van der Waals surface area contributed by atoms with Crippen LogP contribution in [0.15, 0.2) is 6.20 Å². The average Bonchev–Trinajstić information content (AvgIpc) is 3.40. The Balaban J connectivity index is 1.38. The van der Waals surface area contributed by atoms with Gasteiger partial charge in [-0.15, -0.1) is 0 Å². The Morgan fingerprint density at radius 2 is 1.92 bits per heavy atom. The van der Waals surface area contributed by atoms with Crippen molar-refractivity contribution in [2.75, 3.05) is 19.0 Å². The van der Waals surface area contributed by atoms with Crippen molar-refractivity contribution < 1.29 is 9.90 Å². The predicted octanol–water partition coefficient (Wildman–Crippen LogP) is 2.09. The quantitative estimate of drug-likeness (QED) is 0.864. The number of carbonyl (C=O) groups excluding carboxylic acids is 1. The highest BCUT2D eigenvalue weighted by Crippen LogP contribution is 2.55. The molecule has 0 aromatic carbocycles. The molecule has 5 saturated carbocycles. The number of hydrogen-bond acceptors (Lipinski definition) is 5. The standard InChI is InChI=1S/C20H28N4O2/c1-24(2)19-21-10-15(17(23-19)12-3-4-12)18(25)22-16-13-5-11-6-14(16)9-20(26,7-11)8-13/h10-14,16,26H,3-9H2,1-2H3,(H,22,25). The number of rotatable bonds is 4. The summed E-state index contributed by atoms with van der Waals surface area (Å²) in [4.78, 5) is 24.0. The van der Waals surface area contributed by atoms with Crippen molar-refractivity contribution in [1.29, 1.82) is 0 Å². The number of hydrogen-bond donors (Lipinski definition) is 2. The first-order valence-corrected chi connectivity index (χ1v) is 9.99. The van der Waals surface area contributed by atoms with Crippen LogP contribution in [-0.2, 0) is 0 Å². The first-order valence-electron chi connectivity index (χ1n) is 9.99. The third-order valence-corrected chi connectivity index (χ3v) is 6.95. The van der Waals surface area contributed by atoms with Gasteiger partial charge < -0.3 is 15.3 Å². The summed E-state index contributed by atoms with van der Waals surface area (Å²) in [7, 11) is 3.84. The summed E-state index contributed by atoms with van der Waals surface area (Å²) in [5, 5.41) is 14.1. The van der Waals surface area contributed by atoms with Crippen molar-refractivity contribution in [3.8, 4) is 0 Å². The topological polar surface area (TPSA) is 78.4 Å². The molecular formula is C20H28N4O2. The summed E-state index contributed by atoms with van der Waals surface area (Å²) in [5.74, 6) is 2.53. The number of amides is 1. The molecule has 0 aliphatic heterocycles. The number of nitrogens with zero attached hydrogens (tertiary/aromatic N) is 3. The van der Waals surface area contributed by atoms with Gasteiger partial charge in [0.15, 0.2) is 0 Å². The molecule has 6 heteroatoms. The zero-order chi connectivity index (χ0) is 18.1. The van der Waals surface area contributed by atoms with Crippen LogP contribution >= 0.6 is 0 Å². The Kier molecular flexibility index (Phi) is 3.58. The summed E-state index contributed by atoms with van der Waals surface area (Å²) in [6, 6.07) is 0.194. The Hall–Kier alpha value is -1.69. The van der Waals surface area contributed by atoms with Crippen molar-refractivity contribution in [1.82, 2.24) is 15.3 Å². The summed E-state index contributed by atoms with van der Waals surface area (Å²) in [5.41, 5.74) is 1.09. The minimum absolute atomic E-state index is 0.0262. The molecule has 6 rings (SSSR count). The predicted molar refractivity (Wildman–Crippen MR) is 98.1 cm³/mol. The fraction of sp³-hybridized carbons (Fsp3) is 0.750. The molecule has 4 bridgehead atoms. The van der Waals surface area contributed by atoms with Gasteiger partial charge in [-0.1, -0.05) is 0 Å². The molecule has 5 aliphatic rings. The zero-order valence-electron chi connectivity index (χ0n) is 15.6. The van der Waals surface area contributed by atoms with Crippen LogP contribution < -0.4 is 10.2 Å². The Morgan fingerprint density at radius 3 is 2.50 bits per heavy atom. The largest absolute Gasteiger partial charge is 0.390 e. The second-order valence-electron chi connectivity index (χ2n) is 9.33. The summed E-state index contributed by atoms with van der Waals surface area (Å²) in [6.45, 7) is 0. The highest BCUT2D eigenvalue weighted by atomic mass is 16.3. The number of nitrogens with one attached hydrogen (secondary N) is 1. The van der Waals surface area contributed by atoms with E-state index in [0.717, 1.165) is 50.6 Å². The van der Waals surface area contributed by atoms with Crippen molar-refractivity contribution in [3.05, 3.63) is 17.5 Å². The van der Waals surface area contributed by atoms with Gasteiger partial charge in [0.25, 0.3) is 5.91 Å². The summed E-state index contributed by atoms with van der Waals surface area (Å²) in [6.07, 6.45) is 8.86. The normalized spacial score (nSPS) is 37.7. The minimum atomic E-state index is -0.465. The average molecular weight is 356 g/mol. The molecule has 26 heavy (non-hydrogen) atoms. The molecule has 2 N–H and O–H groups in total. The Morgan fingerprint density at radius 1 is 1.23 bits per heavy atom. The smallest absolute Gasteiger partial charge is 0.254 e. The third-order valence-electron chi connectivity index (χ3n) is 6.95. The summed E-state index contributed by atoms with van der Waals surface area (Å²) >= 11 is 0. The van der Waals surface area contributed by atoms with Gasteiger partial charge in [-0.05, 0) is 62.7 Å². The molecule has 0 spiro atoms. The molecule has 2 unspecified atom stereocenters. The van der Waals surface area contributed by atoms with E-state index in [0.29, 0.717) is 35.2 Å². The minimum Gasteiger partial charge on any atom is -0.390 e. The molecule has 1 amide bonds. The molecule has 0 radical (unpaired) electrons. The van der Waals surface area contributed by atoms with Crippen molar-refractivity contribution in [2.24, 2.45) is 17.8 Å². The van der Waals surface area contributed by atoms with Crippen LogP contribution in [0.2, 0.25) is 0 Å². The van der Waals surface area contributed by atoms with E-state index in [1.165, 1.54) is 0 Å². The first-order chi connectivity index (χ1) is 12.4. The van der Waals surface area contributed by atoms with Crippen molar-refractivity contribution in [3.63, 3.8) is 0 Å². The number of aliphatic hydroxyl groups is 1. The fourth-order valence-corrected chi connectivity index (χ4v) is 5.89. The molecule has 1 aromatic heterocycles. The number of anilines is 1. The van der Waals surface area contributed by atoms with E-state index in [1.54, 1.807) is 6.20 Å². The van der Waals surface area contributed by atoms with Crippen LogP contribution in [0.3, 0.4) is 0 Å². The van der Waals surface area contributed by atoms with E-state index in [-0.39, 0.29) is 11.9 Å². The maximum atomic E-state index is 13.1. The Bertz CT molecular complexity index is 729. The van der Waals surface area contributed by atoms with E-state index in [9.17, 15) is 9.90 Å². The molecule has 5 aliphatic carbocycles. The first kappa shape index (κ1) is 16.5. The van der Waals surface area contributed by atoms with Gasteiger partial charge >= 0.3 is 0 Å². The van der Waals surface area contributed by atoms with Gasteiger partial charge in [-0.25, -0.2) is 9.97 Å². The number of aromatic nitrogens is 2.